The van der Waals surface area contributed by atoms with Crippen molar-refractivity contribution in [3.8, 4) is 6.19 Å². The molecule has 0 fully saturated rings. The molecule has 0 spiro atoms. The van der Waals surface area contributed by atoms with E-state index in [-0.39, 0.29) is 0 Å². The second-order valence-corrected chi connectivity index (χ2v) is 1.49. The van der Waals surface area contributed by atoms with E-state index in [0.717, 1.165) is 5.01 Å². The predicted molar refractivity (Wildman–Crippen MR) is 35.6 cm³/mol. The molecule has 0 saturated heterocycles. The largest absolute Gasteiger partial charge is 0.345 e. The van der Waals surface area contributed by atoms with E-state index in [9.17, 15) is 4.79 Å². The number of carbonyl (C=O) groups is 1. The Balaban J connectivity index is 3.80. The highest BCUT2D eigenvalue weighted by Gasteiger charge is 2.06. The predicted octanol–water partition coefficient (Wildman–Crippen LogP) is -0.367. The average molecular weight is 142 g/mol. The van der Waals surface area contributed by atoms with Crippen molar-refractivity contribution in [2.24, 2.45) is 0 Å². The molecule has 0 aliphatic heterocycles. The van der Waals surface area contributed by atoms with Crippen LogP contribution in [-0.4, -0.2) is 24.6 Å². The molecule has 0 atom stereocenters. The van der Waals surface area contributed by atoms with Gasteiger partial charge in [-0.15, -0.1) is 0 Å². The zero-order chi connectivity index (χ0) is 7.98. The van der Waals surface area contributed by atoms with E-state index in [4.69, 9.17) is 5.26 Å². The summed E-state index contributed by atoms with van der Waals surface area (Å²) in [6, 6.07) is -0.437. The Morgan fingerprint density at radius 1 is 1.80 bits per heavy atom. The fourth-order valence-electron chi connectivity index (χ4n) is 0.427. The molecule has 0 bridgehead atoms. The van der Waals surface area contributed by atoms with Crippen molar-refractivity contribution >= 4 is 6.03 Å². The molecule has 2 N–H and O–H groups in total. The van der Waals surface area contributed by atoms with Gasteiger partial charge in [-0.2, -0.15) is 10.3 Å². The van der Waals surface area contributed by atoms with Crippen molar-refractivity contribution in [1.82, 2.24) is 15.8 Å². The third kappa shape index (κ3) is 2.33. The van der Waals surface area contributed by atoms with Crippen LogP contribution in [0.4, 0.5) is 4.79 Å². The summed E-state index contributed by atoms with van der Waals surface area (Å²) in [6.45, 7) is 2.29. The van der Waals surface area contributed by atoms with E-state index >= 15 is 0 Å². The van der Waals surface area contributed by atoms with E-state index in [1.807, 2.05) is 0 Å². The van der Waals surface area contributed by atoms with Gasteiger partial charge in [0.15, 0.2) is 0 Å². The lowest BCUT2D eigenvalue weighted by Gasteiger charge is -2.10. The molecule has 0 aromatic rings. The van der Waals surface area contributed by atoms with Gasteiger partial charge in [0.25, 0.3) is 0 Å². The van der Waals surface area contributed by atoms with Gasteiger partial charge in [-0.25, -0.2) is 10.2 Å². The quantitative estimate of drug-likeness (QED) is 0.314. The number of hydrogen-bond acceptors (Lipinski definition) is 3. The molecule has 0 aliphatic rings. The number of carbonyl (C=O) groups excluding carboxylic acids is 1. The lowest BCUT2D eigenvalue weighted by molar-refractivity contribution is 0.206. The molecule has 56 valence electrons. The Labute approximate surface area is 59.6 Å². The van der Waals surface area contributed by atoms with Gasteiger partial charge in [0.05, 0.1) is 0 Å². The van der Waals surface area contributed by atoms with Gasteiger partial charge in [0, 0.05) is 13.6 Å². The number of rotatable bonds is 2. The van der Waals surface area contributed by atoms with Gasteiger partial charge >= 0.3 is 6.03 Å². The van der Waals surface area contributed by atoms with Gasteiger partial charge in [-0.05, 0) is 6.92 Å². The molecule has 0 saturated carbocycles. The van der Waals surface area contributed by atoms with Crippen LogP contribution in [0.15, 0.2) is 0 Å². The van der Waals surface area contributed by atoms with Gasteiger partial charge in [0.1, 0.15) is 0 Å². The minimum absolute atomic E-state index is 0.437. The molecule has 0 rings (SSSR count). The van der Waals surface area contributed by atoms with Crippen LogP contribution in [0.1, 0.15) is 6.92 Å². The first kappa shape index (κ1) is 8.72. The van der Waals surface area contributed by atoms with E-state index in [0.29, 0.717) is 6.54 Å². The van der Waals surface area contributed by atoms with E-state index in [1.165, 1.54) is 7.05 Å². The van der Waals surface area contributed by atoms with Gasteiger partial charge < -0.3 is 5.32 Å². The summed E-state index contributed by atoms with van der Waals surface area (Å²) in [5, 5.41) is 11.5. The molecule has 0 radical (unpaired) electrons. The highest BCUT2D eigenvalue weighted by atomic mass is 16.2. The van der Waals surface area contributed by atoms with E-state index in [2.05, 4.69) is 10.7 Å². The Morgan fingerprint density at radius 2 is 2.40 bits per heavy atom. The fraction of sp³-hybridized carbons (Fsp3) is 0.600. The van der Waals surface area contributed by atoms with E-state index in [1.54, 1.807) is 13.1 Å². The third-order valence-electron chi connectivity index (χ3n) is 0.855. The minimum Gasteiger partial charge on any atom is -0.336 e. The summed E-state index contributed by atoms with van der Waals surface area (Å²) in [4.78, 5) is 10.7. The van der Waals surface area contributed by atoms with Crippen LogP contribution in [-0.2, 0) is 0 Å². The zero-order valence-electron chi connectivity index (χ0n) is 6.01. The van der Waals surface area contributed by atoms with Gasteiger partial charge in [-0.1, -0.05) is 0 Å². The van der Waals surface area contributed by atoms with Crippen molar-refractivity contribution in [3.63, 3.8) is 0 Å². The summed E-state index contributed by atoms with van der Waals surface area (Å²) < 4.78 is 0. The molecule has 0 unspecified atom stereocenters. The van der Waals surface area contributed by atoms with Crippen LogP contribution in [0.2, 0.25) is 0 Å². The molecule has 0 heterocycles. The number of nitrogens with one attached hydrogen (secondary N) is 2. The monoisotopic (exact) mass is 142 g/mol. The van der Waals surface area contributed by atoms with Crippen molar-refractivity contribution < 1.29 is 4.79 Å². The Hall–Kier alpha value is -1.28. The van der Waals surface area contributed by atoms with Crippen LogP contribution in [0.3, 0.4) is 0 Å². The molecular formula is C5H10N4O. The molecule has 2 amide bonds. The van der Waals surface area contributed by atoms with Crippen molar-refractivity contribution in [2.75, 3.05) is 13.6 Å². The first-order valence-corrected chi connectivity index (χ1v) is 2.91. The number of nitrogens with zero attached hydrogens (tertiary/aromatic N) is 2. The summed E-state index contributed by atoms with van der Waals surface area (Å²) in [5.41, 5.74) is 2.40. The molecule has 10 heavy (non-hydrogen) atoms. The summed E-state index contributed by atoms with van der Waals surface area (Å²) in [5.74, 6) is 0. The van der Waals surface area contributed by atoms with E-state index < -0.39 is 6.03 Å². The summed E-state index contributed by atoms with van der Waals surface area (Å²) >= 11 is 0. The fourth-order valence-corrected chi connectivity index (χ4v) is 0.427. The molecule has 0 aromatic carbocycles. The topological polar surface area (TPSA) is 68.2 Å². The van der Waals surface area contributed by atoms with Crippen LogP contribution < -0.4 is 10.7 Å². The number of amides is 2. The Bertz CT molecular complexity index is 150. The third-order valence-corrected chi connectivity index (χ3v) is 0.855. The first-order chi connectivity index (χ1) is 4.76. The maximum atomic E-state index is 10.7. The van der Waals surface area contributed by atoms with Gasteiger partial charge in [0.2, 0.25) is 6.19 Å². The molecule has 5 nitrogen and oxygen atoms in total. The van der Waals surface area contributed by atoms with Gasteiger partial charge in [-0.3, -0.25) is 0 Å². The van der Waals surface area contributed by atoms with Crippen molar-refractivity contribution in [2.45, 2.75) is 6.92 Å². The van der Waals surface area contributed by atoms with Crippen LogP contribution in [0.25, 0.3) is 0 Å². The number of nitriles is 1. The number of urea groups is 1. The lowest BCUT2D eigenvalue weighted by Crippen LogP contribution is -2.43. The molecular weight excluding hydrogens is 132 g/mol. The normalized spacial score (nSPS) is 8.10. The second kappa shape index (κ2) is 4.58. The second-order valence-electron chi connectivity index (χ2n) is 1.49. The lowest BCUT2D eigenvalue weighted by atomic mass is 10.7. The van der Waals surface area contributed by atoms with Crippen LogP contribution >= 0.6 is 0 Å². The summed E-state index contributed by atoms with van der Waals surface area (Å²) in [6.07, 6.45) is 1.65. The Morgan fingerprint density at radius 3 is 2.70 bits per heavy atom. The molecule has 0 aliphatic carbocycles. The Kier molecular flexibility index (Phi) is 4.00. The SMILES string of the molecule is CCNC(=O)N(C#N)NC. The number of hydrogen-bond donors (Lipinski definition) is 2. The minimum atomic E-state index is -0.437. The van der Waals surface area contributed by atoms with Crippen LogP contribution in [0.5, 0.6) is 0 Å². The first-order valence-electron chi connectivity index (χ1n) is 2.91. The highest BCUT2D eigenvalue weighted by Crippen LogP contribution is 1.77. The van der Waals surface area contributed by atoms with Crippen molar-refractivity contribution in [3.05, 3.63) is 0 Å². The zero-order valence-corrected chi connectivity index (χ0v) is 6.01. The maximum absolute atomic E-state index is 10.7. The standard InChI is InChI=1S/C5H10N4O/c1-3-8-5(10)9(4-6)7-2/h7H,3H2,1-2H3,(H,8,10). The van der Waals surface area contributed by atoms with Crippen LogP contribution in [0, 0.1) is 11.5 Å². The van der Waals surface area contributed by atoms with Crippen molar-refractivity contribution in [1.29, 1.82) is 5.26 Å². The summed E-state index contributed by atoms with van der Waals surface area (Å²) in [7, 11) is 1.50. The maximum Gasteiger partial charge on any atom is 0.345 e. The molecule has 5 heteroatoms. The average Bonchev–Trinajstić information content (AvgIpc) is 1.91. The highest BCUT2D eigenvalue weighted by molar-refractivity contribution is 5.74. The molecule has 0 aromatic heterocycles. The number of hydrazine groups is 1. The smallest absolute Gasteiger partial charge is 0.336 e.